The van der Waals surface area contributed by atoms with Crippen molar-refractivity contribution >= 4 is 71.7 Å². The van der Waals surface area contributed by atoms with E-state index in [0.29, 0.717) is 5.75 Å². The molecule has 0 saturated carbocycles. The number of rotatable bonds is 12. The summed E-state index contributed by atoms with van der Waals surface area (Å²) < 4.78 is 55.7. The van der Waals surface area contributed by atoms with Gasteiger partial charge in [-0.05, 0) is 96.5 Å². The van der Waals surface area contributed by atoms with Crippen molar-refractivity contribution in [1.82, 2.24) is 19.6 Å². The molecule has 0 atom stereocenters. The molecule has 2 saturated heterocycles. The number of halogens is 1. The second kappa shape index (κ2) is 17.6. The van der Waals surface area contributed by atoms with Crippen molar-refractivity contribution in [3.8, 4) is 11.5 Å². The van der Waals surface area contributed by atoms with Crippen LogP contribution in [0.2, 0.25) is 5.02 Å². The molecule has 8 rings (SSSR count). The molecule has 62 heavy (non-hydrogen) atoms. The zero-order valence-electron chi connectivity index (χ0n) is 34.5. The topological polar surface area (TPSA) is 194 Å². The number of amides is 1. The molecular weight excluding hydrogens is 854 g/mol. The Hall–Kier alpha value is -5.14. The Morgan fingerprint density at radius 2 is 1.69 bits per heavy atom. The molecule has 0 bridgehead atoms. The quantitative estimate of drug-likeness (QED) is 0.0591. The Balaban J connectivity index is 1.01. The molecule has 1 aliphatic carbocycles. The molecule has 18 heteroatoms. The fraction of sp³-hybridized carbons (Fsp3) is 0.341. The minimum absolute atomic E-state index is 0.0166. The van der Waals surface area contributed by atoms with Crippen molar-refractivity contribution in [2.75, 3.05) is 67.6 Å². The van der Waals surface area contributed by atoms with Crippen LogP contribution in [0.25, 0.3) is 16.5 Å². The first-order valence-corrected chi connectivity index (χ1v) is 24.2. The number of nitro benzene ring substituents is 1. The summed E-state index contributed by atoms with van der Waals surface area (Å²) in [5, 5.41) is 15.3. The highest BCUT2D eigenvalue weighted by molar-refractivity contribution is 8.24. The summed E-state index contributed by atoms with van der Waals surface area (Å²) in [7, 11) is -7.32. The van der Waals surface area contributed by atoms with Crippen molar-refractivity contribution < 1.29 is 32.0 Å². The van der Waals surface area contributed by atoms with Crippen LogP contribution in [0.15, 0.2) is 102 Å². The van der Waals surface area contributed by atoms with Gasteiger partial charge in [-0.3, -0.25) is 28.9 Å². The molecule has 5 N–H and O–H groups in total. The number of sulfonamides is 1. The van der Waals surface area contributed by atoms with E-state index in [9.17, 15) is 32.4 Å². The first-order chi connectivity index (χ1) is 29.5. The number of nitrogens with one attached hydrogen (secondary N) is 3. The second-order valence-corrected chi connectivity index (χ2v) is 21.4. The van der Waals surface area contributed by atoms with Gasteiger partial charge in [-0.2, -0.15) is 10.6 Å². The van der Waals surface area contributed by atoms with Crippen LogP contribution in [0, 0.1) is 15.5 Å². The molecule has 5 aromatic rings. The molecule has 3 aliphatic rings. The van der Waals surface area contributed by atoms with E-state index in [1.165, 1.54) is 34.9 Å². The minimum Gasteiger partial charge on any atom is -0.456 e. The average Bonchev–Trinajstić information content (AvgIpc) is 3.71. The van der Waals surface area contributed by atoms with Crippen molar-refractivity contribution in [2.24, 2.45) is 5.41 Å². The third kappa shape index (κ3) is 10.0. The summed E-state index contributed by atoms with van der Waals surface area (Å²) in [6.07, 6.45) is 4.98. The number of ether oxygens (including phenoxy) is 1. The lowest BCUT2D eigenvalue weighted by Crippen LogP contribution is -2.47. The maximum atomic E-state index is 13.9. The molecule has 2 aliphatic heterocycles. The Morgan fingerprint density at radius 1 is 0.952 bits per heavy atom. The number of nitro groups is 1. The number of aromatic amines is 1. The van der Waals surface area contributed by atoms with Crippen molar-refractivity contribution in [3.63, 3.8) is 0 Å². The number of hydrogen-bond acceptors (Lipinski definition) is 12. The molecule has 0 radical (unpaired) electrons. The number of hydrazine groups is 1. The lowest BCUT2D eigenvalue weighted by Gasteiger charge is -2.41. The number of allylic oxidation sites excluding steroid dienone is 1. The van der Waals surface area contributed by atoms with E-state index in [-0.39, 0.29) is 47.0 Å². The van der Waals surface area contributed by atoms with Gasteiger partial charge in [-0.1, -0.05) is 43.2 Å². The molecule has 1 amide bonds. The highest BCUT2D eigenvalue weighted by Crippen LogP contribution is 2.44. The van der Waals surface area contributed by atoms with Crippen molar-refractivity contribution in [2.45, 2.75) is 38.0 Å². The monoisotopic (exact) mass is 903 g/mol. The van der Waals surface area contributed by atoms with Gasteiger partial charge in [-0.25, -0.2) is 18.1 Å². The first kappa shape index (κ1) is 43.5. The lowest BCUT2D eigenvalue weighted by atomic mass is 9.72. The zero-order chi connectivity index (χ0) is 43.8. The summed E-state index contributed by atoms with van der Waals surface area (Å²) >= 11 is 6.24. The summed E-state index contributed by atoms with van der Waals surface area (Å²) in [4.78, 5) is 32.7. The van der Waals surface area contributed by atoms with Gasteiger partial charge in [0.15, 0.2) is 0 Å². The Morgan fingerprint density at radius 3 is 2.42 bits per heavy atom. The molecular formula is C44H50ClN7O8S2. The van der Waals surface area contributed by atoms with Gasteiger partial charge in [0, 0.05) is 85.8 Å². The summed E-state index contributed by atoms with van der Waals surface area (Å²) in [6, 6.07) is 23.8. The number of nitrogens with zero attached hydrogens (tertiary/aromatic N) is 4. The van der Waals surface area contributed by atoms with Gasteiger partial charge in [0.05, 0.1) is 26.9 Å². The van der Waals surface area contributed by atoms with E-state index in [1.807, 2.05) is 30.3 Å². The van der Waals surface area contributed by atoms with E-state index in [4.69, 9.17) is 16.3 Å². The third-order valence-electron chi connectivity index (χ3n) is 11.9. The van der Waals surface area contributed by atoms with Gasteiger partial charge in [0.1, 0.15) is 17.2 Å². The number of carbonyl (C=O) groups is 1. The normalized spacial score (nSPS) is 19.0. The lowest BCUT2D eigenvalue weighted by molar-refractivity contribution is -0.384. The number of hydrogen-bond donors (Lipinski definition) is 5. The second-order valence-electron chi connectivity index (χ2n) is 16.9. The summed E-state index contributed by atoms with van der Waals surface area (Å²) in [6.45, 7) is 9.03. The van der Waals surface area contributed by atoms with Crippen molar-refractivity contribution in [1.29, 1.82) is 0 Å². The van der Waals surface area contributed by atoms with E-state index in [2.05, 4.69) is 50.9 Å². The van der Waals surface area contributed by atoms with E-state index in [1.54, 1.807) is 29.4 Å². The molecule has 0 unspecified atom stereocenters. The largest absolute Gasteiger partial charge is 0.456 e. The SMILES string of the molecule is CC1(C)CCC(CN2CCN(c3ccc(C(=O)NS(=O)(=O)c4ccc(NN5CCS(O)(O)CC5)c([N+](=O)[O-])c4)c(Oc4ccc5[nH]ccc5c4)c3)CC2)=C(c2ccc(Cl)cc2)C1. The average molecular weight is 905 g/mol. The molecule has 3 heterocycles. The fourth-order valence-electron chi connectivity index (χ4n) is 8.27. The number of H-pyrrole nitrogens is 1. The predicted octanol–water partition coefficient (Wildman–Crippen LogP) is 8.82. The molecule has 328 valence electrons. The van der Waals surface area contributed by atoms with Crippen LogP contribution in [-0.4, -0.2) is 101 Å². The molecule has 2 fully saturated rings. The van der Waals surface area contributed by atoms with Crippen LogP contribution < -0.4 is 19.8 Å². The molecule has 15 nitrogen and oxygen atoms in total. The van der Waals surface area contributed by atoms with Crippen LogP contribution in [0.5, 0.6) is 11.5 Å². The standard InChI is InChI=1S/C44H50ClN7O8S2/c1-44(2)15-13-32(38(28-44)30-3-5-33(45)6-4-30)29-49-17-19-50(20-18-49)34-7-10-37(42(26-34)60-35-8-11-39-31(25-35)14-16-46-39)43(53)48-62(58,59)36-9-12-40(41(27-36)52(54)55)47-51-21-23-61(56,57)24-22-51/h3-12,14,16,25-27,46-47,56-57H,13,15,17-24,28-29H2,1-2H3,(H,48,53). The van der Waals surface area contributed by atoms with Gasteiger partial charge in [-0.15, -0.1) is 0 Å². The van der Waals surface area contributed by atoms with E-state index < -0.39 is 42.0 Å². The number of benzene rings is 4. The van der Waals surface area contributed by atoms with Gasteiger partial charge >= 0.3 is 0 Å². The maximum Gasteiger partial charge on any atom is 0.295 e. The number of fused-ring (bicyclic) bond motifs is 1. The Labute approximate surface area is 367 Å². The van der Waals surface area contributed by atoms with Crippen LogP contribution in [0.4, 0.5) is 17.1 Å². The van der Waals surface area contributed by atoms with E-state index in [0.717, 1.165) is 79.7 Å². The number of aromatic nitrogens is 1. The third-order valence-corrected chi connectivity index (χ3v) is 15.1. The molecule has 0 spiro atoms. The number of piperazine rings is 1. The summed E-state index contributed by atoms with van der Waals surface area (Å²) in [5.41, 5.74) is 8.33. The highest BCUT2D eigenvalue weighted by atomic mass is 35.5. The van der Waals surface area contributed by atoms with Crippen molar-refractivity contribution in [3.05, 3.63) is 123 Å². The van der Waals surface area contributed by atoms with Crippen LogP contribution >= 0.6 is 22.2 Å². The molecule has 1 aromatic heterocycles. The van der Waals surface area contributed by atoms with Gasteiger partial charge in [0.2, 0.25) is 0 Å². The zero-order valence-corrected chi connectivity index (χ0v) is 36.9. The minimum atomic E-state index is -4.61. The van der Waals surface area contributed by atoms with Crippen LogP contribution in [0.1, 0.15) is 49.0 Å². The van der Waals surface area contributed by atoms with Gasteiger partial charge in [0.25, 0.3) is 21.6 Å². The number of carbonyl (C=O) groups excluding carboxylic acids is 1. The Bertz CT molecular complexity index is 2630. The van der Waals surface area contributed by atoms with E-state index >= 15 is 0 Å². The Kier molecular flexibility index (Phi) is 12.3. The fourth-order valence-corrected chi connectivity index (χ4v) is 10.6. The van der Waals surface area contributed by atoms with Gasteiger partial charge < -0.3 is 20.0 Å². The summed E-state index contributed by atoms with van der Waals surface area (Å²) in [5.74, 6) is -0.203. The number of anilines is 2. The maximum absolute atomic E-state index is 13.9. The van der Waals surface area contributed by atoms with Crippen LogP contribution in [-0.2, 0) is 10.0 Å². The smallest absolute Gasteiger partial charge is 0.295 e. The highest BCUT2D eigenvalue weighted by Gasteiger charge is 2.31. The van der Waals surface area contributed by atoms with Crippen LogP contribution in [0.3, 0.4) is 0 Å². The predicted molar refractivity (Wildman–Crippen MR) is 245 cm³/mol. The first-order valence-electron chi connectivity index (χ1n) is 20.4. The molecule has 4 aromatic carbocycles.